The molecular formula is C46H32N2O. The Balaban J connectivity index is 1.24. The topological polar surface area (TPSA) is 16.9 Å². The molecule has 0 N–H and O–H groups in total. The second kappa shape index (κ2) is 12.2. The molecule has 0 spiro atoms. The van der Waals surface area contributed by atoms with Gasteiger partial charge >= 0.3 is 0 Å². The molecule has 0 aliphatic carbocycles. The van der Waals surface area contributed by atoms with Gasteiger partial charge in [-0.25, -0.2) is 0 Å². The third kappa shape index (κ3) is 5.18. The van der Waals surface area contributed by atoms with Crippen LogP contribution in [0.15, 0.2) is 194 Å². The van der Waals surface area contributed by atoms with Crippen LogP contribution in [0.3, 0.4) is 0 Å². The molecule has 0 unspecified atom stereocenters. The van der Waals surface area contributed by atoms with E-state index in [-0.39, 0.29) is 17.8 Å². The first-order valence-electron chi connectivity index (χ1n) is 18.7. The molecule has 0 amide bonds. The first-order chi connectivity index (χ1) is 26.4. The lowest BCUT2D eigenvalue weighted by Gasteiger charge is -2.26. The lowest BCUT2D eigenvalue weighted by atomic mass is 10.00. The Labute approximate surface area is 292 Å². The number of ether oxygens (including phenoxy) is 1. The molecule has 9 rings (SSSR count). The smallest absolute Gasteiger partial charge is 0.127 e. The summed E-state index contributed by atoms with van der Waals surface area (Å²) in [7, 11) is 0. The number of aromatic nitrogens is 1. The van der Waals surface area contributed by atoms with E-state index in [1.807, 2.05) is 84.9 Å². The SMILES string of the molecule is [2H]c1c([2H])c([2H])c(N(c2ccc(Oc3ccccc3)cc2)c2ccc(-c3c4ccccc4cc4c(-c5ccccc5)c5ccccc5n34)cc2)c([2H])c1[2H]. The number of hydrogen-bond acceptors (Lipinski definition) is 2. The van der Waals surface area contributed by atoms with E-state index in [4.69, 9.17) is 11.6 Å². The number of nitrogens with zero attached hydrogens (tertiary/aromatic N) is 2. The standard InChI is InChI=1S/C46H32N2O/c1-4-14-33(15-5-1)45-42-22-12-13-23-43(42)48-44(45)32-35-16-10-11-21-41(35)46(48)34-24-26-37(27-25-34)47(36-17-6-2-7-18-36)38-28-30-40(31-29-38)49-39-19-8-3-9-20-39/h1-32H/i2D,6D,7D,17D,18D. The van der Waals surface area contributed by atoms with Crippen LogP contribution in [0.25, 0.3) is 49.6 Å². The number of hydrogen-bond donors (Lipinski definition) is 0. The number of anilines is 3. The van der Waals surface area contributed by atoms with E-state index in [2.05, 4.69) is 83.3 Å². The summed E-state index contributed by atoms with van der Waals surface area (Å²) in [5.41, 5.74) is 7.80. The van der Waals surface area contributed by atoms with E-state index in [1.165, 1.54) is 5.56 Å². The fourth-order valence-electron chi connectivity index (χ4n) is 6.75. The first kappa shape index (κ1) is 23.7. The number of pyridine rings is 1. The first-order valence-corrected chi connectivity index (χ1v) is 16.2. The fourth-order valence-corrected chi connectivity index (χ4v) is 6.75. The molecule has 232 valence electrons. The summed E-state index contributed by atoms with van der Waals surface area (Å²) in [4.78, 5) is 1.72. The van der Waals surface area contributed by atoms with Crippen molar-refractivity contribution in [1.29, 1.82) is 0 Å². The molecule has 0 fully saturated rings. The van der Waals surface area contributed by atoms with E-state index < -0.39 is 18.1 Å². The van der Waals surface area contributed by atoms with Crippen LogP contribution in [0.1, 0.15) is 6.85 Å². The van der Waals surface area contributed by atoms with Crippen molar-refractivity contribution in [3.63, 3.8) is 0 Å². The minimum absolute atomic E-state index is 0.0573. The van der Waals surface area contributed by atoms with Gasteiger partial charge in [0.1, 0.15) is 11.5 Å². The Bertz CT molecular complexity index is 2810. The molecule has 2 heterocycles. The van der Waals surface area contributed by atoms with Crippen LogP contribution in [0.5, 0.6) is 11.5 Å². The van der Waals surface area contributed by atoms with Gasteiger partial charge in [-0.2, -0.15) is 0 Å². The van der Waals surface area contributed by atoms with Gasteiger partial charge < -0.3 is 14.0 Å². The number of para-hydroxylation sites is 3. The third-order valence-electron chi connectivity index (χ3n) is 8.89. The second-order valence-corrected chi connectivity index (χ2v) is 11.8. The molecular weight excluding hydrogens is 597 g/mol. The van der Waals surface area contributed by atoms with Crippen LogP contribution in [-0.4, -0.2) is 4.40 Å². The summed E-state index contributed by atoms with van der Waals surface area (Å²) in [6.07, 6.45) is 0. The molecule has 0 saturated heterocycles. The van der Waals surface area contributed by atoms with Crippen molar-refractivity contribution in [3.8, 4) is 33.9 Å². The minimum Gasteiger partial charge on any atom is -0.457 e. The summed E-state index contributed by atoms with van der Waals surface area (Å²) >= 11 is 0. The van der Waals surface area contributed by atoms with E-state index in [1.54, 1.807) is 4.90 Å². The van der Waals surface area contributed by atoms with Crippen LogP contribution >= 0.6 is 0 Å². The highest BCUT2D eigenvalue weighted by atomic mass is 16.5. The average Bonchev–Trinajstić information content (AvgIpc) is 3.55. The Kier molecular flexibility index (Phi) is 5.91. The molecule has 9 aromatic rings. The van der Waals surface area contributed by atoms with E-state index >= 15 is 0 Å². The van der Waals surface area contributed by atoms with Gasteiger partial charge in [0.05, 0.1) is 23.6 Å². The maximum Gasteiger partial charge on any atom is 0.127 e. The van der Waals surface area contributed by atoms with Crippen molar-refractivity contribution in [2.24, 2.45) is 0 Å². The highest BCUT2D eigenvalue weighted by Crippen LogP contribution is 2.42. The predicted octanol–water partition coefficient (Wildman–Crippen LogP) is 12.8. The van der Waals surface area contributed by atoms with Gasteiger partial charge in [0.25, 0.3) is 0 Å². The average molecular weight is 634 g/mol. The largest absolute Gasteiger partial charge is 0.457 e. The Hall–Kier alpha value is -6.58. The predicted molar refractivity (Wildman–Crippen MR) is 204 cm³/mol. The van der Waals surface area contributed by atoms with Gasteiger partial charge in [0.2, 0.25) is 0 Å². The summed E-state index contributed by atoms with van der Waals surface area (Å²) in [5, 5.41) is 3.36. The molecule has 2 aromatic heterocycles. The number of fused-ring (bicyclic) bond motifs is 4. The van der Waals surface area contributed by atoms with Gasteiger partial charge in [-0.15, -0.1) is 0 Å². The van der Waals surface area contributed by atoms with Crippen molar-refractivity contribution < 1.29 is 11.6 Å². The molecule has 0 bridgehead atoms. The Morgan fingerprint density at radius 3 is 1.80 bits per heavy atom. The third-order valence-corrected chi connectivity index (χ3v) is 8.89. The summed E-state index contributed by atoms with van der Waals surface area (Å²) < 4.78 is 51.5. The molecule has 0 saturated carbocycles. The van der Waals surface area contributed by atoms with Crippen molar-refractivity contribution in [3.05, 3.63) is 194 Å². The monoisotopic (exact) mass is 633 g/mol. The maximum absolute atomic E-state index is 8.92. The second-order valence-electron chi connectivity index (χ2n) is 11.8. The molecule has 0 aliphatic heterocycles. The Morgan fingerprint density at radius 2 is 1.06 bits per heavy atom. The van der Waals surface area contributed by atoms with E-state index in [9.17, 15) is 0 Å². The molecule has 3 heteroatoms. The maximum atomic E-state index is 8.92. The van der Waals surface area contributed by atoms with Gasteiger partial charge in [-0.1, -0.05) is 121 Å². The number of rotatable bonds is 7. The van der Waals surface area contributed by atoms with Gasteiger partial charge in [0, 0.05) is 33.4 Å². The molecule has 49 heavy (non-hydrogen) atoms. The summed E-state index contributed by atoms with van der Waals surface area (Å²) in [6, 6.07) is 52.5. The number of benzene rings is 7. The van der Waals surface area contributed by atoms with Crippen LogP contribution < -0.4 is 9.64 Å². The molecule has 0 radical (unpaired) electrons. The van der Waals surface area contributed by atoms with Crippen LogP contribution in [-0.2, 0) is 0 Å². The lowest BCUT2D eigenvalue weighted by molar-refractivity contribution is 0.483. The Morgan fingerprint density at radius 1 is 0.469 bits per heavy atom. The quantitative estimate of drug-likeness (QED) is 0.174. The fraction of sp³-hybridized carbons (Fsp3) is 0. The lowest BCUT2D eigenvalue weighted by Crippen LogP contribution is -2.09. The van der Waals surface area contributed by atoms with Crippen LogP contribution in [0.2, 0.25) is 0 Å². The minimum atomic E-state index is -0.440. The zero-order valence-electron chi connectivity index (χ0n) is 31.4. The zero-order chi connectivity index (χ0) is 36.9. The van der Waals surface area contributed by atoms with Crippen molar-refractivity contribution in [2.75, 3.05) is 4.90 Å². The van der Waals surface area contributed by atoms with Crippen molar-refractivity contribution in [1.82, 2.24) is 4.40 Å². The van der Waals surface area contributed by atoms with Crippen molar-refractivity contribution >= 4 is 44.3 Å². The summed E-state index contributed by atoms with van der Waals surface area (Å²) in [6.45, 7) is 0. The zero-order valence-corrected chi connectivity index (χ0v) is 26.4. The highest BCUT2D eigenvalue weighted by Gasteiger charge is 2.20. The van der Waals surface area contributed by atoms with E-state index in [0.29, 0.717) is 22.9 Å². The van der Waals surface area contributed by atoms with Gasteiger partial charge in [0.15, 0.2) is 0 Å². The van der Waals surface area contributed by atoms with E-state index in [0.717, 1.165) is 44.0 Å². The van der Waals surface area contributed by atoms with Crippen LogP contribution in [0, 0.1) is 0 Å². The van der Waals surface area contributed by atoms with Crippen LogP contribution in [0.4, 0.5) is 17.1 Å². The van der Waals surface area contributed by atoms with Crippen molar-refractivity contribution in [2.45, 2.75) is 0 Å². The van der Waals surface area contributed by atoms with Gasteiger partial charge in [-0.3, -0.25) is 0 Å². The molecule has 0 aliphatic rings. The summed E-state index contributed by atoms with van der Waals surface area (Å²) in [5.74, 6) is 1.30. The molecule has 3 nitrogen and oxygen atoms in total. The van der Waals surface area contributed by atoms with Gasteiger partial charge in [-0.05, 0) is 89.3 Å². The highest BCUT2D eigenvalue weighted by molar-refractivity contribution is 6.11. The molecule has 7 aromatic carbocycles. The molecule has 0 atom stereocenters. The normalized spacial score (nSPS) is 12.7.